The number of nitrogens with zero attached hydrogens (tertiary/aromatic N) is 5. The average Bonchev–Trinajstić information content (AvgIpc) is 3.33. The number of piperazine rings is 1. The summed E-state index contributed by atoms with van der Waals surface area (Å²) in [6.07, 6.45) is 4.65. The Hall–Kier alpha value is -4.83. The van der Waals surface area contributed by atoms with E-state index in [0.717, 1.165) is 48.1 Å². The maximum absolute atomic E-state index is 13.1. The largest absolute Gasteiger partial charge is 0.337 e. The van der Waals surface area contributed by atoms with Crippen molar-refractivity contribution in [1.82, 2.24) is 19.8 Å². The number of nitrogens with one attached hydrogen (secondary N) is 2. The molecule has 10 heteroatoms. The van der Waals surface area contributed by atoms with E-state index in [1.807, 2.05) is 54.6 Å². The van der Waals surface area contributed by atoms with Gasteiger partial charge in [0, 0.05) is 48.5 Å². The van der Waals surface area contributed by atoms with Crippen molar-refractivity contribution in [3.05, 3.63) is 78.9 Å². The minimum absolute atomic E-state index is 0.0874. The third kappa shape index (κ3) is 7.03. The van der Waals surface area contributed by atoms with Gasteiger partial charge in [-0.1, -0.05) is 67.4 Å². The summed E-state index contributed by atoms with van der Waals surface area (Å²) in [4.78, 5) is 54.1. The number of benzene rings is 3. The van der Waals surface area contributed by atoms with E-state index in [4.69, 9.17) is 9.97 Å². The highest BCUT2D eigenvalue weighted by molar-refractivity contribution is 6.39. The second kappa shape index (κ2) is 13.6. The second-order valence-corrected chi connectivity index (χ2v) is 11.3. The SMILES string of the molecule is O=C(CN1CCCCCC1)Nc1cccc(NC(=O)C(=O)N2CCN(c3nc(-c4ccccc4)c4ccccc4n3)CC2)c1. The number of hydrogen-bond donors (Lipinski definition) is 2. The predicted octanol–water partition coefficient (Wildman–Crippen LogP) is 4.40. The van der Waals surface area contributed by atoms with Crippen LogP contribution in [0.15, 0.2) is 78.9 Å². The quantitative estimate of drug-likeness (QED) is 0.320. The Kier molecular flexibility index (Phi) is 9.07. The summed E-state index contributed by atoms with van der Waals surface area (Å²) in [6.45, 7) is 3.96. The van der Waals surface area contributed by atoms with E-state index in [9.17, 15) is 14.4 Å². The number of para-hydroxylation sites is 1. The number of rotatable bonds is 6. The van der Waals surface area contributed by atoms with Crippen molar-refractivity contribution in [3.8, 4) is 11.3 Å². The van der Waals surface area contributed by atoms with E-state index in [1.54, 1.807) is 29.2 Å². The maximum atomic E-state index is 13.1. The van der Waals surface area contributed by atoms with Crippen LogP contribution in [0.4, 0.5) is 17.3 Å². The first-order valence-electron chi connectivity index (χ1n) is 15.3. The standard InChI is InChI=1S/C34H37N7O3/c42-30(24-39-17-8-1-2-9-18-39)35-26-13-10-14-27(23-26)36-32(43)33(44)40-19-21-41(22-20-40)34-37-29-16-7-6-15-28(29)31(38-34)25-11-4-3-5-12-25/h3-7,10-16,23H,1-2,8-9,17-22,24H2,(H,35,42)(H,36,43). The van der Waals surface area contributed by atoms with Crippen molar-refractivity contribution >= 4 is 45.9 Å². The van der Waals surface area contributed by atoms with Gasteiger partial charge in [-0.25, -0.2) is 9.97 Å². The molecule has 3 amide bonds. The molecule has 0 saturated carbocycles. The van der Waals surface area contributed by atoms with E-state index in [-0.39, 0.29) is 5.91 Å². The molecule has 2 N–H and O–H groups in total. The zero-order valence-electron chi connectivity index (χ0n) is 24.7. The minimum atomic E-state index is -0.709. The summed E-state index contributed by atoms with van der Waals surface area (Å²) in [5.41, 5.74) is 3.76. The topological polar surface area (TPSA) is 111 Å². The zero-order chi connectivity index (χ0) is 30.3. The molecule has 0 bridgehead atoms. The lowest BCUT2D eigenvalue weighted by Gasteiger charge is -2.34. The number of amides is 3. The molecule has 10 nitrogen and oxygen atoms in total. The first kappa shape index (κ1) is 29.3. The highest BCUT2D eigenvalue weighted by atomic mass is 16.2. The molecular formula is C34H37N7O3. The summed E-state index contributed by atoms with van der Waals surface area (Å²) >= 11 is 0. The van der Waals surface area contributed by atoms with Crippen molar-refractivity contribution in [1.29, 1.82) is 0 Å². The fourth-order valence-corrected chi connectivity index (χ4v) is 5.83. The van der Waals surface area contributed by atoms with Crippen LogP contribution in [0.5, 0.6) is 0 Å². The normalized spacial score (nSPS) is 15.9. The van der Waals surface area contributed by atoms with E-state index in [0.29, 0.717) is 50.0 Å². The summed E-state index contributed by atoms with van der Waals surface area (Å²) in [6, 6.07) is 24.9. The fraction of sp³-hybridized carbons (Fsp3) is 0.324. The molecule has 2 aliphatic rings. The summed E-state index contributed by atoms with van der Waals surface area (Å²) in [5, 5.41) is 6.60. The van der Waals surface area contributed by atoms with Gasteiger partial charge in [0.1, 0.15) is 0 Å². The first-order valence-corrected chi connectivity index (χ1v) is 15.3. The Morgan fingerprint density at radius 1 is 0.682 bits per heavy atom. The molecule has 2 fully saturated rings. The van der Waals surface area contributed by atoms with E-state index in [1.165, 1.54) is 12.8 Å². The summed E-state index contributed by atoms with van der Waals surface area (Å²) in [5.74, 6) is -0.783. The molecule has 44 heavy (non-hydrogen) atoms. The van der Waals surface area contributed by atoms with Crippen molar-refractivity contribution in [2.75, 3.05) is 61.3 Å². The Balaban J connectivity index is 1.05. The number of carbonyl (C=O) groups excluding carboxylic acids is 3. The minimum Gasteiger partial charge on any atom is -0.337 e. The van der Waals surface area contributed by atoms with Crippen LogP contribution in [0.1, 0.15) is 25.7 Å². The van der Waals surface area contributed by atoms with Gasteiger partial charge < -0.3 is 20.4 Å². The Morgan fingerprint density at radius 2 is 1.36 bits per heavy atom. The lowest BCUT2D eigenvalue weighted by Crippen LogP contribution is -2.52. The molecule has 2 aliphatic heterocycles. The lowest BCUT2D eigenvalue weighted by atomic mass is 10.1. The van der Waals surface area contributed by atoms with Crippen LogP contribution in [0.25, 0.3) is 22.2 Å². The molecule has 4 aromatic rings. The molecule has 0 radical (unpaired) electrons. The van der Waals surface area contributed by atoms with Crippen LogP contribution in [0.2, 0.25) is 0 Å². The van der Waals surface area contributed by atoms with Crippen molar-refractivity contribution in [3.63, 3.8) is 0 Å². The van der Waals surface area contributed by atoms with E-state index in [2.05, 4.69) is 20.4 Å². The van der Waals surface area contributed by atoms with Gasteiger partial charge in [-0.3, -0.25) is 19.3 Å². The van der Waals surface area contributed by atoms with Gasteiger partial charge in [0.05, 0.1) is 17.8 Å². The summed E-state index contributed by atoms with van der Waals surface area (Å²) in [7, 11) is 0. The van der Waals surface area contributed by atoms with Gasteiger partial charge >= 0.3 is 11.8 Å². The predicted molar refractivity (Wildman–Crippen MR) is 172 cm³/mol. The van der Waals surface area contributed by atoms with Crippen LogP contribution in [-0.2, 0) is 14.4 Å². The van der Waals surface area contributed by atoms with Gasteiger partial charge in [0.25, 0.3) is 0 Å². The molecule has 3 aromatic carbocycles. The Labute approximate surface area is 257 Å². The highest BCUT2D eigenvalue weighted by Gasteiger charge is 2.28. The molecule has 0 aliphatic carbocycles. The summed E-state index contributed by atoms with van der Waals surface area (Å²) < 4.78 is 0. The van der Waals surface area contributed by atoms with Gasteiger partial charge in [-0.2, -0.15) is 0 Å². The molecule has 6 rings (SSSR count). The number of anilines is 3. The maximum Gasteiger partial charge on any atom is 0.313 e. The lowest BCUT2D eigenvalue weighted by molar-refractivity contribution is -0.143. The van der Waals surface area contributed by atoms with Gasteiger partial charge in [-0.05, 0) is 50.2 Å². The third-order valence-electron chi connectivity index (χ3n) is 8.15. The third-order valence-corrected chi connectivity index (χ3v) is 8.15. The van der Waals surface area contributed by atoms with Crippen LogP contribution in [0, 0.1) is 0 Å². The molecule has 0 atom stereocenters. The van der Waals surface area contributed by atoms with Crippen molar-refractivity contribution in [2.45, 2.75) is 25.7 Å². The Bertz CT molecular complexity index is 1630. The zero-order valence-corrected chi connectivity index (χ0v) is 24.7. The molecular weight excluding hydrogens is 554 g/mol. The number of aromatic nitrogens is 2. The van der Waals surface area contributed by atoms with Gasteiger partial charge in [0.15, 0.2) is 0 Å². The van der Waals surface area contributed by atoms with Crippen LogP contribution in [0.3, 0.4) is 0 Å². The molecule has 2 saturated heterocycles. The Morgan fingerprint density at radius 3 is 2.11 bits per heavy atom. The molecule has 226 valence electrons. The van der Waals surface area contributed by atoms with Crippen LogP contribution in [-0.4, -0.2) is 83.3 Å². The number of carbonyl (C=O) groups is 3. The van der Waals surface area contributed by atoms with Gasteiger partial charge in [0.2, 0.25) is 11.9 Å². The van der Waals surface area contributed by atoms with Gasteiger partial charge in [-0.15, -0.1) is 0 Å². The molecule has 0 unspecified atom stereocenters. The van der Waals surface area contributed by atoms with E-state index >= 15 is 0 Å². The molecule has 3 heterocycles. The van der Waals surface area contributed by atoms with E-state index < -0.39 is 11.8 Å². The molecule has 0 spiro atoms. The average molecular weight is 592 g/mol. The first-order chi connectivity index (χ1) is 21.5. The molecule has 1 aromatic heterocycles. The van der Waals surface area contributed by atoms with Crippen LogP contribution < -0.4 is 15.5 Å². The fourth-order valence-electron chi connectivity index (χ4n) is 5.83. The van der Waals surface area contributed by atoms with Crippen LogP contribution >= 0.6 is 0 Å². The monoisotopic (exact) mass is 591 g/mol. The second-order valence-electron chi connectivity index (χ2n) is 11.3. The van der Waals surface area contributed by atoms with Crippen molar-refractivity contribution in [2.24, 2.45) is 0 Å². The highest BCUT2D eigenvalue weighted by Crippen LogP contribution is 2.28. The smallest absolute Gasteiger partial charge is 0.313 e. The number of fused-ring (bicyclic) bond motifs is 1. The van der Waals surface area contributed by atoms with Crippen molar-refractivity contribution < 1.29 is 14.4 Å². The number of likely N-dealkylation sites (tertiary alicyclic amines) is 1. The number of hydrogen-bond acceptors (Lipinski definition) is 7.